The molecule has 3 rings (SSSR count). The molecule has 0 saturated heterocycles. The van der Waals surface area contributed by atoms with Crippen LogP contribution in [0.15, 0.2) is 59.7 Å². The van der Waals surface area contributed by atoms with Gasteiger partial charge in [0.1, 0.15) is 0 Å². The molecule has 1 heterocycles. The number of unbranched alkanes of at least 4 members (excludes halogenated alkanes) is 3. The number of hydrogen-bond donors (Lipinski definition) is 0. The van der Waals surface area contributed by atoms with E-state index in [1.54, 1.807) is 14.2 Å². The van der Waals surface area contributed by atoms with Crippen molar-refractivity contribution in [1.82, 2.24) is 0 Å². The van der Waals surface area contributed by atoms with E-state index in [-0.39, 0.29) is 0 Å². The first-order valence-corrected chi connectivity index (χ1v) is 16.0. The van der Waals surface area contributed by atoms with Crippen molar-refractivity contribution in [3.63, 3.8) is 0 Å². The standard InChI is InChI=1S/C35H42N2.2CH3O.Ni/c1-5-9-13-20-28-22-16-18-25-30(28)34-32(24-12-8-4)33(27-15-11-7-3)35(37(34)36)31-26-19-17-23-29(31)21-14-10-6-2;2*1-2;/h16-19,22-23,25-26H,7-8,11-15,20-21,24,27H2,1-4H3;2*1H3;/q;2*-1;+2. The van der Waals surface area contributed by atoms with E-state index in [4.69, 9.17) is 0 Å². The Bertz CT molecular complexity index is 1330. The van der Waals surface area contributed by atoms with Gasteiger partial charge in [-0.15, -0.1) is 23.7 Å². The molecule has 42 heavy (non-hydrogen) atoms. The molecule has 4 nitrogen and oxygen atoms in total. The van der Waals surface area contributed by atoms with E-state index in [9.17, 15) is 5.53 Å². The Morgan fingerprint density at radius 2 is 1.12 bits per heavy atom. The summed E-state index contributed by atoms with van der Waals surface area (Å²) < 4.78 is 10.3. The summed E-state index contributed by atoms with van der Waals surface area (Å²) in [7, 11) is 3.12. The summed E-state index contributed by atoms with van der Waals surface area (Å²) in [5, 5.41) is 0. The molecule has 0 aliphatic carbocycles. The van der Waals surface area contributed by atoms with Gasteiger partial charge < -0.3 is 5.53 Å². The van der Waals surface area contributed by atoms with E-state index in [0.29, 0.717) is 0 Å². The van der Waals surface area contributed by atoms with Crippen LogP contribution >= 0.6 is 0 Å². The molecule has 0 spiro atoms. The van der Waals surface area contributed by atoms with Crippen LogP contribution in [0.1, 0.15) is 108 Å². The van der Waals surface area contributed by atoms with Gasteiger partial charge in [0.05, 0.1) is 0 Å². The summed E-state index contributed by atoms with van der Waals surface area (Å²) in [5.41, 5.74) is 21.3. The molecule has 1 aliphatic heterocycles. The Morgan fingerprint density at radius 1 is 0.667 bits per heavy atom. The van der Waals surface area contributed by atoms with Gasteiger partial charge in [0.2, 0.25) is 11.4 Å². The summed E-state index contributed by atoms with van der Waals surface area (Å²) in [4.78, 5) is 0. The molecule has 0 amide bonds. The summed E-state index contributed by atoms with van der Waals surface area (Å²) >= 11 is 0.819. The maximum absolute atomic E-state index is 12.0. The predicted molar refractivity (Wildman–Crippen MR) is 172 cm³/mol. The molecule has 0 unspecified atom stereocenters. The third kappa shape index (κ3) is 10.4. The number of aryl methyl sites for hydroxylation is 2. The van der Waals surface area contributed by atoms with Crippen molar-refractivity contribution in [3.8, 4) is 23.7 Å². The van der Waals surface area contributed by atoms with Crippen LogP contribution in [0.5, 0.6) is 0 Å². The number of benzene rings is 2. The van der Waals surface area contributed by atoms with E-state index >= 15 is 0 Å². The molecule has 0 bridgehead atoms. The number of nitrogens with zero attached hydrogens (tertiary/aromatic N) is 2. The van der Waals surface area contributed by atoms with Crippen LogP contribution in [0.4, 0.5) is 0 Å². The van der Waals surface area contributed by atoms with Gasteiger partial charge in [-0.05, 0) is 75.6 Å². The van der Waals surface area contributed by atoms with E-state index < -0.39 is 0 Å². The van der Waals surface area contributed by atoms with Crippen molar-refractivity contribution >= 4 is 11.4 Å². The molecule has 0 N–H and O–H groups in total. The number of allylic oxidation sites excluding steroid dienone is 2. The molecular formula is C37H48N2NiO2. The molecule has 0 atom stereocenters. The molecule has 0 radical (unpaired) electrons. The zero-order valence-electron chi connectivity index (χ0n) is 26.4. The van der Waals surface area contributed by atoms with E-state index in [1.807, 2.05) is 13.8 Å². The Balaban J connectivity index is 0.00000113. The molecule has 0 aromatic heterocycles. The molecule has 228 valence electrons. The monoisotopic (exact) mass is 610 g/mol. The Morgan fingerprint density at radius 3 is 1.52 bits per heavy atom. The van der Waals surface area contributed by atoms with Gasteiger partial charge in [-0.2, -0.15) is 0 Å². The predicted octanol–water partition coefficient (Wildman–Crippen LogP) is 9.73. The zero-order chi connectivity index (χ0) is 30.6. The molecule has 1 aliphatic rings. The van der Waals surface area contributed by atoms with Crippen LogP contribution < -0.4 is 0 Å². The van der Waals surface area contributed by atoms with E-state index in [0.717, 1.165) is 95.4 Å². The molecule has 0 fully saturated rings. The van der Waals surface area contributed by atoms with Gasteiger partial charge in [0.25, 0.3) is 0 Å². The van der Waals surface area contributed by atoms with Gasteiger partial charge >= 0.3 is 37.1 Å². The van der Waals surface area contributed by atoms with Crippen LogP contribution in [0.3, 0.4) is 0 Å². The topological polar surface area (TPSA) is 43.8 Å². The van der Waals surface area contributed by atoms with Crippen molar-refractivity contribution in [3.05, 3.63) is 87.5 Å². The fourth-order valence-corrected chi connectivity index (χ4v) is 5.45. The van der Waals surface area contributed by atoms with Crippen LogP contribution in [0.2, 0.25) is 0 Å². The normalized spacial score (nSPS) is 12.5. The quantitative estimate of drug-likeness (QED) is 0.0871. The number of hydrogen-bond acceptors (Lipinski definition) is 2. The zero-order valence-corrected chi connectivity index (χ0v) is 27.4. The average Bonchev–Trinajstić information content (AvgIpc) is 3.28. The molecule has 0 saturated carbocycles. The fraction of sp³-hybridized carbons (Fsp3) is 0.459. The van der Waals surface area contributed by atoms with Gasteiger partial charge in [0, 0.05) is 35.1 Å². The van der Waals surface area contributed by atoms with E-state index in [2.05, 4.69) is 93.8 Å². The van der Waals surface area contributed by atoms with Crippen molar-refractivity contribution < 1.29 is 27.5 Å². The van der Waals surface area contributed by atoms with Crippen LogP contribution in [0.25, 0.3) is 16.9 Å². The summed E-state index contributed by atoms with van der Waals surface area (Å²) in [6, 6.07) is 17.1. The van der Waals surface area contributed by atoms with Gasteiger partial charge in [-0.25, -0.2) is 4.70 Å². The molecular weight excluding hydrogens is 563 g/mol. The first-order valence-electron chi connectivity index (χ1n) is 15.2. The summed E-state index contributed by atoms with van der Waals surface area (Å²) in [5.74, 6) is 12.5. The van der Waals surface area contributed by atoms with Crippen LogP contribution in [-0.4, -0.2) is 18.9 Å². The Hall–Kier alpha value is -2.95. The minimum absolute atomic E-state index is 0.819. The third-order valence-electron chi connectivity index (χ3n) is 7.21. The minimum atomic E-state index is 0.819. The number of rotatable bonds is 15. The van der Waals surface area contributed by atoms with Crippen LogP contribution in [-0.2, 0) is 35.7 Å². The van der Waals surface area contributed by atoms with Gasteiger partial charge in [-0.1, -0.05) is 69.5 Å². The second kappa shape index (κ2) is 20.9. The summed E-state index contributed by atoms with van der Waals surface area (Å²) in [6.45, 7) is 8.29. The summed E-state index contributed by atoms with van der Waals surface area (Å²) in [6.07, 6.45) is 11.1. The van der Waals surface area contributed by atoms with Crippen molar-refractivity contribution in [2.75, 3.05) is 14.2 Å². The average molecular weight is 611 g/mol. The maximum atomic E-state index is 12.0. The second-order valence-corrected chi connectivity index (χ2v) is 11.0. The van der Waals surface area contributed by atoms with Gasteiger partial charge in [0.15, 0.2) is 0 Å². The first kappa shape index (κ1) is 35.3. The third-order valence-corrected chi connectivity index (χ3v) is 7.54. The second-order valence-electron chi connectivity index (χ2n) is 10.0. The SMILES string of the molecule is CC#CCCc1ccccc1C1=C(CCCC)C(CCCCC)=C(c2ccccc2CCC#CC)[N+]1=[N-].C[O][Ni][O]C. The molecule has 5 heteroatoms. The fourth-order valence-electron chi connectivity index (χ4n) is 5.29. The van der Waals surface area contributed by atoms with E-state index in [1.165, 1.54) is 39.8 Å². The van der Waals surface area contributed by atoms with Crippen molar-refractivity contribution in [1.29, 1.82) is 0 Å². The Kier molecular flexibility index (Phi) is 17.5. The Labute approximate surface area is 261 Å². The van der Waals surface area contributed by atoms with Crippen molar-refractivity contribution in [2.45, 2.75) is 98.3 Å². The van der Waals surface area contributed by atoms with Crippen LogP contribution in [0, 0.1) is 23.7 Å². The molecule has 2 aromatic rings. The van der Waals surface area contributed by atoms with Gasteiger partial charge in [-0.3, -0.25) is 0 Å². The molecule has 2 aromatic carbocycles. The first-order chi connectivity index (χ1) is 20.6. The van der Waals surface area contributed by atoms with Crippen molar-refractivity contribution in [2.24, 2.45) is 0 Å².